The fourth-order valence-electron chi connectivity index (χ4n) is 2.02. The van der Waals surface area contributed by atoms with Crippen LogP contribution in [0.5, 0.6) is 0 Å². The molecular formula is C11H15NO3S. The van der Waals surface area contributed by atoms with Gasteiger partial charge >= 0.3 is 0 Å². The molecule has 1 saturated heterocycles. The molecule has 0 spiro atoms. The van der Waals surface area contributed by atoms with Crippen molar-refractivity contribution in [3.8, 4) is 0 Å². The second kappa shape index (κ2) is 4.53. The molecule has 16 heavy (non-hydrogen) atoms. The van der Waals surface area contributed by atoms with Gasteiger partial charge in [0, 0.05) is 0 Å². The monoisotopic (exact) mass is 241 g/mol. The highest BCUT2D eigenvalue weighted by atomic mass is 32.2. The fraction of sp³-hybridized carbons (Fsp3) is 0.455. The number of rotatable bonds is 3. The molecule has 1 aliphatic heterocycles. The minimum atomic E-state index is -4.06. The molecule has 1 aromatic carbocycles. The summed E-state index contributed by atoms with van der Waals surface area (Å²) in [6, 6.07) is 6.43. The molecule has 88 valence electrons. The van der Waals surface area contributed by atoms with Crippen molar-refractivity contribution in [2.75, 3.05) is 13.1 Å². The highest BCUT2D eigenvalue weighted by molar-refractivity contribution is 7.85. The second-order valence-corrected chi connectivity index (χ2v) is 5.60. The van der Waals surface area contributed by atoms with Gasteiger partial charge in [-0.3, -0.25) is 4.55 Å². The Labute approximate surface area is 95.4 Å². The molecule has 0 amide bonds. The zero-order chi connectivity index (χ0) is 11.6. The predicted octanol–water partition coefficient (Wildman–Crippen LogP) is 1.09. The molecule has 1 fully saturated rings. The van der Waals surface area contributed by atoms with Gasteiger partial charge in [0.15, 0.2) is 0 Å². The maximum Gasteiger partial charge on any atom is 0.294 e. The fourth-order valence-corrected chi connectivity index (χ4v) is 2.50. The molecule has 0 aromatic heterocycles. The Balaban J connectivity index is 2.07. The van der Waals surface area contributed by atoms with E-state index in [-0.39, 0.29) is 4.90 Å². The first-order chi connectivity index (χ1) is 7.55. The normalized spacial score (nSPS) is 21.2. The summed E-state index contributed by atoms with van der Waals surface area (Å²) in [6.45, 7) is 2.09. The lowest BCUT2D eigenvalue weighted by molar-refractivity contribution is 0.483. The van der Waals surface area contributed by atoms with Crippen molar-refractivity contribution in [1.29, 1.82) is 0 Å². The lowest BCUT2D eigenvalue weighted by Gasteiger charge is -2.08. The van der Waals surface area contributed by atoms with E-state index < -0.39 is 10.1 Å². The smallest absolute Gasteiger partial charge is 0.294 e. The van der Waals surface area contributed by atoms with Crippen LogP contribution in [0.15, 0.2) is 29.2 Å². The lowest BCUT2D eigenvalue weighted by atomic mass is 9.99. The third-order valence-corrected chi connectivity index (χ3v) is 3.78. The molecule has 0 radical (unpaired) electrons. The number of nitrogens with one attached hydrogen (secondary N) is 1. The van der Waals surface area contributed by atoms with Crippen molar-refractivity contribution in [1.82, 2.24) is 5.32 Å². The first-order valence-electron chi connectivity index (χ1n) is 5.33. The zero-order valence-electron chi connectivity index (χ0n) is 8.89. The summed E-state index contributed by atoms with van der Waals surface area (Å²) in [5.41, 5.74) is 1.11. The van der Waals surface area contributed by atoms with Crippen LogP contribution in [0.1, 0.15) is 12.0 Å². The Kier molecular flexibility index (Phi) is 3.28. The topological polar surface area (TPSA) is 66.4 Å². The predicted molar refractivity (Wildman–Crippen MR) is 60.9 cm³/mol. The molecule has 0 saturated carbocycles. The van der Waals surface area contributed by atoms with Gasteiger partial charge in [-0.15, -0.1) is 0 Å². The van der Waals surface area contributed by atoms with E-state index in [0.29, 0.717) is 5.92 Å². The summed E-state index contributed by atoms with van der Waals surface area (Å²) in [5, 5.41) is 3.29. The van der Waals surface area contributed by atoms with Crippen LogP contribution < -0.4 is 5.32 Å². The van der Waals surface area contributed by atoms with E-state index in [0.717, 1.165) is 25.1 Å². The average molecular weight is 241 g/mol. The molecular weight excluding hydrogens is 226 g/mol. The quantitative estimate of drug-likeness (QED) is 0.777. The largest absolute Gasteiger partial charge is 0.316 e. The summed E-state index contributed by atoms with van der Waals surface area (Å²) in [6.07, 6.45) is 2.12. The number of benzene rings is 1. The highest BCUT2D eigenvalue weighted by Gasteiger charge is 2.15. The van der Waals surface area contributed by atoms with E-state index in [4.69, 9.17) is 4.55 Å². The van der Waals surface area contributed by atoms with Crippen molar-refractivity contribution in [3.05, 3.63) is 29.8 Å². The number of hydrogen-bond acceptors (Lipinski definition) is 3. The average Bonchev–Trinajstić information content (AvgIpc) is 2.70. The van der Waals surface area contributed by atoms with Gasteiger partial charge in [0.25, 0.3) is 10.1 Å². The van der Waals surface area contributed by atoms with Gasteiger partial charge in [-0.1, -0.05) is 12.1 Å². The molecule has 1 unspecified atom stereocenters. The Morgan fingerprint density at radius 2 is 2.00 bits per heavy atom. The van der Waals surface area contributed by atoms with Gasteiger partial charge in [-0.25, -0.2) is 0 Å². The Bertz CT molecular complexity index is 447. The maximum atomic E-state index is 10.8. The maximum absolute atomic E-state index is 10.8. The van der Waals surface area contributed by atoms with Crippen molar-refractivity contribution in [2.24, 2.45) is 5.92 Å². The summed E-state index contributed by atoms with van der Waals surface area (Å²) in [4.78, 5) is -0.0409. The Hall–Kier alpha value is -0.910. The van der Waals surface area contributed by atoms with Crippen molar-refractivity contribution in [3.63, 3.8) is 0 Å². The van der Waals surface area contributed by atoms with Gasteiger partial charge in [-0.05, 0) is 49.5 Å². The molecule has 5 heteroatoms. The van der Waals surface area contributed by atoms with E-state index in [1.54, 1.807) is 12.1 Å². The second-order valence-electron chi connectivity index (χ2n) is 4.18. The van der Waals surface area contributed by atoms with E-state index in [2.05, 4.69) is 5.32 Å². The van der Waals surface area contributed by atoms with E-state index in [9.17, 15) is 8.42 Å². The van der Waals surface area contributed by atoms with Crippen LogP contribution in [0.3, 0.4) is 0 Å². The third kappa shape index (κ3) is 2.81. The first kappa shape index (κ1) is 11.6. The summed E-state index contributed by atoms with van der Waals surface area (Å²) in [7, 11) is -4.06. The Morgan fingerprint density at radius 3 is 2.50 bits per heavy atom. The van der Waals surface area contributed by atoms with Gasteiger partial charge in [-0.2, -0.15) is 8.42 Å². The summed E-state index contributed by atoms with van der Waals surface area (Å²) in [5.74, 6) is 0.636. The highest BCUT2D eigenvalue weighted by Crippen LogP contribution is 2.17. The van der Waals surface area contributed by atoms with Crippen LogP contribution in [0.2, 0.25) is 0 Å². The summed E-state index contributed by atoms with van der Waals surface area (Å²) >= 11 is 0. The molecule has 4 nitrogen and oxygen atoms in total. The van der Waals surface area contributed by atoms with Gasteiger partial charge in [0.1, 0.15) is 0 Å². The van der Waals surface area contributed by atoms with Crippen LogP contribution in [0, 0.1) is 5.92 Å². The zero-order valence-corrected chi connectivity index (χ0v) is 9.70. The van der Waals surface area contributed by atoms with Crippen LogP contribution >= 0.6 is 0 Å². The Morgan fingerprint density at radius 1 is 1.31 bits per heavy atom. The third-order valence-electron chi connectivity index (χ3n) is 2.91. The molecule has 0 aliphatic carbocycles. The summed E-state index contributed by atoms with van der Waals surface area (Å²) < 4.78 is 30.5. The SMILES string of the molecule is O=S(=O)(O)c1ccc(CC2CCNC2)cc1. The van der Waals surface area contributed by atoms with Crippen LogP contribution in [0.4, 0.5) is 0 Å². The van der Waals surface area contributed by atoms with Crippen LogP contribution in [-0.4, -0.2) is 26.1 Å². The van der Waals surface area contributed by atoms with E-state index in [1.807, 2.05) is 0 Å². The van der Waals surface area contributed by atoms with Gasteiger partial charge < -0.3 is 5.32 Å². The number of hydrogen-bond donors (Lipinski definition) is 2. The minimum absolute atomic E-state index is 0.0409. The first-order valence-corrected chi connectivity index (χ1v) is 6.77. The van der Waals surface area contributed by atoms with E-state index >= 15 is 0 Å². The van der Waals surface area contributed by atoms with Crippen LogP contribution in [-0.2, 0) is 16.5 Å². The molecule has 2 N–H and O–H groups in total. The molecule has 0 bridgehead atoms. The van der Waals surface area contributed by atoms with Crippen LogP contribution in [0.25, 0.3) is 0 Å². The molecule has 2 rings (SSSR count). The standard InChI is InChI=1S/C11H15NO3S/c13-16(14,15)11-3-1-9(2-4-11)7-10-5-6-12-8-10/h1-4,10,12H,5-8H2,(H,13,14,15). The molecule has 1 aromatic rings. The van der Waals surface area contributed by atoms with Gasteiger partial charge in [0.05, 0.1) is 4.90 Å². The van der Waals surface area contributed by atoms with E-state index in [1.165, 1.54) is 18.6 Å². The molecule has 1 heterocycles. The van der Waals surface area contributed by atoms with Crippen molar-refractivity contribution >= 4 is 10.1 Å². The lowest BCUT2D eigenvalue weighted by Crippen LogP contribution is -2.10. The van der Waals surface area contributed by atoms with Gasteiger partial charge in [0.2, 0.25) is 0 Å². The molecule has 1 aliphatic rings. The molecule has 1 atom stereocenters. The minimum Gasteiger partial charge on any atom is -0.316 e. The van der Waals surface area contributed by atoms with Crippen molar-refractivity contribution in [2.45, 2.75) is 17.7 Å². The van der Waals surface area contributed by atoms with Crippen molar-refractivity contribution < 1.29 is 13.0 Å².